The Bertz CT molecular complexity index is 1270. The van der Waals surface area contributed by atoms with Gasteiger partial charge in [0.25, 0.3) is 5.91 Å². The number of piperazine rings is 1. The molecule has 7 atom stereocenters. The van der Waals surface area contributed by atoms with Gasteiger partial charge in [0.1, 0.15) is 17.7 Å². The molecule has 41 heavy (non-hydrogen) atoms. The predicted molar refractivity (Wildman–Crippen MR) is 149 cm³/mol. The van der Waals surface area contributed by atoms with Crippen LogP contribution in [0.2, 0.25) is 0 Å². The minimum Gasteiger partial charge on any atom is -0.444 e. The third-order valence-electron chi connectivity index (χ3n) is 8.69. The van der Waals surface area contributed by atoms with Crippen molar-refractivity contribution >= 4 is 23.8 Å². The highest BCUT2D eigenvalue weighted by Crippen LogP contribution is 2.48. The lowest BCUT2D eigenvalue weighted by atomic mass is 10.0. The van der Waals surface area contributed by atoms with E-state index in [0.717, 1.165) is 12.0 Å². The Morgan fingerprint density at radius 2 is 1.83 bits per heavy atom. The van der Waals surface area contributed by atoms with Gasteiger partial charge in [-0.25, -0.2) is 4.79 Å². The summed E-state index contributed by atoms with van der Waals surface area (Å²) in [6.45, 7) is 8.00. The fourth-order valence-electron chi connectivity index (χ4n) is 6.66. The number of nitrogens with one attached hydrogen (secondary N) is 1. The zero-order chi connectivity index (χ0) is 29.8. The number of piperidine rings is 1. The standard InChI is InChI=1S/C30H40N6O5/c1-17(18-7-9-19(10-8-18)26(37)33(5)6)35-22-13-25(28(35)39)34(15-22)16-23(32-29(40)41-30(2,3)4)27(38)36-21(14-31)11-20-12-24(20)36/h7-10,17,20-25H,11-13,15-16H2,1-6H3,(H,32,40)/t17-,20-,21+,22-,23+,24+,25-/m1/s1. The van der Waals surface area contributed by atoms with Crippen LogP contribution < -0.4 is 5.32 Å². The third kappa shape index (κ3) is 5.62. The molecule has 0 spiro atoms. The highest BCUT2D eigenvalue weighted by Gasteiger charge is 2.56. The molecule has 3 aliphatic heterocycles. The minimum absolute atomic E-state index is 0.0102. The monoisotopic (exact) mass is 564 g/mol. The van der Waals surface area contributed by atoms with Crippen LogP contribution in [0.3, 0.4) is 0 Å². The molecule has 1 aromatic rings. The van der Waals surface area contributed by atoms with Gasteiger partial charge in [0.15, 0.2) is 0 Å². The number of hydrogen-bond donors (Lipinski definition) is 1. The Kier molecular flexibility index (Phi) is 7.49. The van der Waals surface area contributed by atoms with Crippen molar-refractivity contribution in [2.45, 2.75) is 88.8 Å². The van der Waals surface area contributed by atoms with E-state index < -0.39 is 29.8 Å². The summed E-state index contributed by atoms with van der Waals surface area (Å²) in [5.74, 6) is -0.0306. The van der Waals surface area contributed by atoms with E-state index in [-0.39, 0.29) is 42.4 Å². The summed E-state index contributed by atoms with van der Waals surface area (Å²) < 4.78 is 5.45. The Morgan fingerprint density at radius 3 is 2.41 bits per heavy atom. The lowest BCUT2D eigenvalue weighted by Crippen LogP contribution is -2.59. The van der Waals surface area contributed by atoms with E-state index in [1.807, 2.05) is 28.9 Å². The number of nitrogens with zero attached hydrogens (tertiary/aromatic N) is 5. The molecule has 11 heteroatoms. The molecule has 4 amide bonds. The van der Waals surface area contributed by atoms with Crippen molar-refractivity contribution < 1.29 is 23.9 Å². The third-order valence-corrected chi connectivity index (χ3v) is 8.69. The summed E-state index contributed by atoms with van der Waals surface area (Å²) in [5.41, 5.74) is 0.802. The fraction of sp³-hybridized carbons (Fsp3) is 0.633. The van der Waals surface area contributed by atoms with Gasteiger partial charge in [-0.3, -0.25) is 19.3 Å². The van der Waals surface area contributed by atoms with Crippen LogP contribution in [0.1, 0.15) is 68.9 Å². The van der Waals surface area contributed by atoms with Crippen LogP contribution in [-0.2, 0) is 14.3 Å². The predicted octanol–water partition coefficient (Wildman–Crippen LogP) is 2.14. The average molecular weight is 565 g/mol. The number of benzene rings is 1. The lowest BCUT2D eigenvalue weighted by Gasteiger charge is -2.39. The molecular formula is C30H40N6O5. The molecule has 1 aliphatic carbocycles. The maximum Gasteiger partial charge on any atom is 0.408 e. The fourth-order valence-corrected chi connectivity index (χ4v) is 6.66. The van der Waals surface area contributed by atoms with Gasteiger partial charge in [-0.1, -0.05) is 12.1 Å². The van der Waals surface area contributed by atoms with Crippen LogP contribution in [0.15, 0.2) is 24.3 Å². The SMILES string of the molecule is C[C@H](c1ccc(C(=O)N(C)C)cc1)N1C(=O)[C@H]2C[C@@H]1CN2C[C@H](NC(=O)OC(C)(C)C)C(=O)N1[C@H](C#N)C[C@@H]2C[C@@H]21. The maximum atomic E-state index is 13.8. The molecule has 11 nitrogen and oxygen atoms in total. The van der Waals surface area contributed by atoms with Crippen molar-refractivity contribution in [1.29, 1.82) is 5.26 Å². The van der Waals surface area contributed by atoms with Gasteiger partial charge in [-0.05, 0) is 70.6 Å². The number of amides is 4. The number of carbonyl (C=O) groups excluding carboxylic acids is 4. The van der Waals surface area contributed by atoms with Crippen LogP contribution in [-0.4, -0.2) is 106 Å². The number of carbonyl (C=O) groups is 4. The molecule has 2 bridgehead atoms. The topological polar surface area (TPSA) is 126 Å². The Labute approximate surface area is 241 Å². The van der Waals surface area contributed by atoms with Crippen LogP contribution in [0.4, 0.5) is 4.79 Å². The Balaban J connectivity index is 1.28. The molecule has 3 saturated heterocycles. The zero-order valence-electron chi connectivity index (χ0n) is 24.7. The van der Waals surface area contributed by atoms with Gasteiger partial charge in [-0.2, -0.15) is 5.26 Å². The number of likely N-dealkylation sites (tertiary alicyclic amines) is 3. The van der Waals surface area contributed by atoms with E-state index in [2.05, 4.69) is 11.4 Å². The van der Waals surface area contributed by atoms with Crippen LogP contribution in [0, 0.1) is 17.2 Å². The number of rotatable bonds is 7. The van der Waals surface area contributed by atoms with E-state index in [9.17, 15) is 24.4 Å². The first kappa shape index (κ1) is 28.9. The highest BCUT2D eigenvalue weighted by atomic mass is 16.6. The quantitative estimate of drug-likeness (QED) is 0.538. The number of alkyl carbamates (subject to hydrolysis) is 1. The van der Waals surface area contributed by atoms with E-state index in [1.54, 1.807) is 51.9 Å². The summed E-state index contributed by atoms with van der Waals surface area (Å²) in [5, 5.41) is 12.4. The van der Waals surface area contributed by atoms with Crippen molar-refractivity contribution in [2.24, 2.45) is 5.92 Å². The minimum atomic E-state index is -0.931. The molecule has 0 aromatic heterocycles. The summed E-state index contributed by atoms with van der Waals surface area (Å²) in [4.78, 5) is 59.4. The van der Waals surface area contributed by atoms with Crippen molar-refractivity contribution in [3.8, 4) is 6.07 Å². The molecule has 5 rings (SSSR count). The largest absolute Gasteiger partial charge is 0.444 e. The molecular weight excluding hydrogens is 524 g/mol. The van der Waals surface area contributed by atoms with Gasteiger partial charge in [0.05, 0.1) is 18.2 Å². The molecule has 3 heterocycles. The first-order chi connectivity index (χ1) is 19.3. The van der Waals surface area contributed by atoms with Gasteiger partial charge in [-0.15, -0.1) is 0 Å². The highest BCUT2D eigenvalue weighted by molar-refractivity contribution is 5.94. The Morgan fingerprint density at radius 1 is 1.15 bits per heavy atom. The summed E-state index contributed by atoms with van der Waals surface area (Å²) in [6, 6.07) is 7.62. The first-order valence-corrected chi connectivity index (χ1v) is 14.4. The van der Waals surface area contributed by atoms with E-state index in [1.165, 1.54) is 4.90 Å². The van der Waals surface area contributed by atoms with Gasteiger partial charge >= 0.3 is 6.09 Å². The molecule has 1 saturated carbocycles. The lowest BCUT2D eigenvalue weighted by molar-refractivity contribution is -0.141. The van der Waals surface area contributed by atoms with E-state index in [4.69, 9.17) is 4.74 Å². The van der Waals surface area contributed by atoms with E-state index >= 15 is 0 Å². The number of nitriles is 1. The number of fused-ring (bicyclic) bond motifs is 3. The summed E-state index contributed by atoms with van der Waals surface area (Å²) in [6.07, 6.45) is 1.49. The molecule has 1 aromatic carbocycles. The number of hydrogen-bond acceptors (Lipinski definition) is 7. The first-order valence-electron chi connectivity index (χ1n) is 14.4. The molecule has 4 aliphatic rings. The summed E-state index contributed by atoms with van der Waals surface area (Å²) in [7, 11) is 3.42. The molecule has 1 N–H and O–H groups in total. The molecule has 0 unspecified atom stereocenters. The van der Waals surface area contributed by atoms with Crippen molar-refractivity contribution in [3.05, 3.63) is 35.4 Å². The molecule has 220 valence electrons. The summed E-state index contributed by atoms with van der Waals surface area (Å²) >= 11 is 0. The van der Waals surface area contributed by atoms with Gasteiger partial charge in [0, 0.05) is 44.8 Å². The number of ether oxygens (including phenoxy) is 1. The van der Waals surface area contributed by atoms with Crippen molar-refractivity contribution in [1.82, 2.24) is 24.9 Å². The molecule has 0 radical (unpaired) electrons. The average Bonchev–Trinajstić information content (AvgIpc) is 3.23. The second-order valence-electron chi connectivity index (χ2n) is 13.0. The second-order valence-corrected chi connectivity index (χ2v) is 13.0. The Hall–Kier alpha value is -3.65. The maximum absolute atomic E-state index is 13.8. The second kappa shape index (κ2) is 10.6. The van der Waals surface area contributed by atoms with Gasteiger partial charge in [0.2, 0.25) is 11.8 Å². The van der Waals surface area contributed by atoms with Crippen LogP contribution >= 0.6 is 0 Å². The van der Waals surface area contributed by atoms with Crippen molar-refractivity contribution in [3.63, 3.8) is 0 Å². The van der Waals surface area contributed by atoms with Gasteiger partial charge < -0.3 is 24.8 Å². The normalized spacial score (nSPS) is 28.1. The van der Waals surface area contributed by atoms with E-state index in [0.29, 0.717) is 30.9 Å². The zero-order valence-corrected chi connectivity index (χ0v) is 24.7. The molecule has 4 fully saturated rings. The van der Waals surface area contributed by atoms with Crippen LogP contribution in [0.25, 0.3) is 0 Å². The van der Waals surface area contributed by atoms with Crippen molar-refractivity contribution in [2.75, 3.05) is 27.2 Å². The van der Waals surface area contributed by atoms with Crippen LogP contribution in [0.5, 0.6) is 0 Å². The smallest absolute Gasteiger partial charge is 0.408 e.